The van der Waals surface area contributed by atoms with Crippen molar-refractivity contribution in [3.8, 4) is 0 Å². The number of hydrogen-bond acceptors (Lipinski definition) is 1. The van der Waals surface area contributed by atoms with E-state index in [1.54, 1.807) is 0 Å². The summed E-state index contributed by atoms with van der Waals surface area (Å²) in [6.07, 6.45) is 0. The molecule has 1 rings (SSSR count). The lowest BCUT2D eigenvalue weighted by Crippen LogP contribution is -2.37. The first-order chi connectivity index (χ1) is 7.30. The molecule has 1 aromatic carbocycles. The van der Waals surface area contributed by atoms with E-state index in [1.165, 1.54) is 12.1 Å². The van der Waals surface area contributed by atoms with E-state index in [0.29, 0.717) is 6.04 Å². The highest BCUT2D eigenvalue weighted by atomic mass is 79.9. The predicted molar refractivity (Wildman–Crippen MR) is 69.9 cm³/mol. The third-order valence-corrected chi connectivity index (χ3v) is 3.65. The van der Waals surface area contributed by atoms with E-state index in [0.717, 1.165) is 16.6 Å². The average Bonchev–Trinajstić information content (AvgIpc) is 2.14. The Kier molecular flexibility index (Phi) is 4.51. The van der Waals surface area contributed by atoms with Gasteiger partial charge in [0.2, 0.25) is 0 Å². The fraction of sp³-hybridized carbons (Fsp3) is 0.538. The minimum Gasteiger partial charge on any atom is -0.310 e. The summed E-state index contributed by atoms with van der Waals surface area (Å²) in [4.78, 5) is 0. The first-order valence-electron chi connectivity index (χ1n) is 5.48. The van der Waals surface area contributed by atoms with E-state index >= 15 is 0 Å². The quantitative estimate of drug-likeness (QED) is 0.882. The first kappa shape index (κ1) is 13.7. The molecule has 16 heavy (non-hydrogen) atoms. The lowest BCUT2D eigenvalue weighted by molar-refractivity contribution is 0.285. The Labute approximate surface area is 106 Å². The Bertz CT molecular complexity index is 357. The van der Waals surface area contributed by atoms with E-state index in [4.69, 9.17) is 0 Å². The van der Waals surface area contributed by atoms with Crippen molar-refractivity contribution >= 4 is 15.9 Å². The maximum Gasteiger partial charge on any atom is 0.124 e. The van der Waals surface area contributed by atoms with Crippen LogP contribution in [-0.2, 0) is 6.54 Å². The first-order valence-corrected chi connectivity index (χ1v) is 6.27. The van der Waals surface area contributed by atoms with Crippen molar-refractivity contribution in [2.75, 3.05) is 0 Å². The number of nitrogens with one attached hydrogen (secondary N) is 1. The summed E-state index contributed by atoms with van der Waals surface area (Å²) < 4.78 is 13.7. The summed E-state index contributed by atoms with van der Waals surface area (Å²) in [5.41, 5.74) is 1.31. The molecule has 3 heteroatoms. The summed E-state index contributed by atoms with van der Waals surface area (Å²) in [5.74, 6) is -0.209. The fourth-order valence-corrected chi connectivity index (χ4v) is 1.73. The van der Waals surface area contributed by atoms with Gasteiger partial charge in [-0.3, -0.25) is 0 Å². The summed E-state index contributed by atoms with van der Waals surface area (Å²) in [6, 6.07) is 5.20. The van der Waals surface area contributed by atoms with Crippen LogP contribution in [0.4, 0.5) is 4.39 Å². The molecular formula is C13H19BrFN. The molecular weight excluding hydrogens is 269 g/mol. The molecule has 90 valence electrons. The van der Waals surface area contributed by atoms with Crippen molar-refractivity contribution < 1.29 is 4.39 Å². The molecule has 0 aliphatic heterocycles. The topological polar surface area (TPSA) is 12.0 Å². The van der Waals surface area contributed by atoms with Crippen LogP contribution in [0.25, 0.3) is 0 Å². The summed E-state index contributed by atoms with van der Waals surface area (Å²) in [6.45, 7) is 9.51. The van der Waals surface area contributed by atoms with Crippen molar-refractivity contribution in [2.24, 2.45) is 5.41 Å². The van der Waals surface area contributed by atoms with Crippen LogP contribution in [-0.4, -0.2) is 6.04 Å². The zero-order valence-corrected chi connectivity index (χ0v) is 11.9. The second kappa shape index (κ2) is 5.28. The van der Waals surface area contributed by atoms with E-state index in [1.807, 2.05) is 6.07 Å². The van der Waals surface area contributed by atoms with Crippen LogP contribution < -0.4 is 5.32 Å². The Morgan fingerprint density at radius 1 is 1.38 bits per heavy atom. The summed E-state index contributed by atoms with van der Waals surface area (Å²) in [5, 5.41) is 3.45. The van der Waals surface area contributed by atoms with E-state index in [-0.39, 0.29) is 11.2 Å². The molecule has 0 aliphatic rings. The van der Waals surface area contributed by atoms with Crippen LogP contribution >= 0.6 is 15.9 Å². The second-order valence-electron chi connectivity index (χ2n) is 5.20. The van der Waals surface area contributed by atoms with Gasteiger partial charge in [-0.15, -0.1) is 0 Å². The predicted octanol–water partition coefficient (Wildman–Crippen LogP) is 4.11. The zero-order chi connectivity index (χ0) is 12.3. The SMILES string of the molecule is CC(NCc1ccc(F)cc1Br)C(C)(C)C. The third kappa shape index (κ3) is 3.87. The number of halogens is 2. The van der Waals surface area contributed by atoms with Crippen molar-refractivity contribution in [1.29, 1.82) is 0 Å². The number of hydrogen-bond donors (Lipinski definition) is 1. The van der Waals surface area contributed by atoms with Crippen molar-refractivity contribution in [3.63, 3.8) is 0 Å². The van der Waals surface area contributed by atoms with Crippen LogP contribution in [0.2, 0.25) is 0 Å². The molecule has 1 nitrogen and oxygen atoms in total. The van der Waals surface area contributed by atoms with Gasteiger partial charge >= 0.3 is 0 Å². The Morgan fingerprint density at radius 2 is 2.00 bits per heavy atom. The molecule has 0 fully saturated rings. The van der Waals surface area contributed by atoms with Gasteiger partial charge in [-0.25, -0.2) is 4.39 Å². The van der Waals surface area contributed by atoms with E-state index in [2.05, 4.69) is 48.9 Å². The zero-order valence-electron chi connectivity index (χ0n) is 10.3. The summed E-state index contributed by atoms with van der Waals surface area (Å²) in [7, 11) is 0. The van der Waals surface area contributed by atoms with Gasteiger partial charge in [0.15, 0.2) is 0 Å². The molecule has 0 radical (unpaired) electrons. The van der Waals surface area contributed by atoms with Gasteiger partial charge in [0.05, 0.1) is 0 Å². The Balaban J connectivity index is 2.62. The lowest BCUT2D eigenvalue weighted by Gasteiger charge is -2.28. The highest BCUT2D eigenvalue weighted by molar-refractivity contribution is 9.10. The molecule has 0 aliphatic carbocycles. The highest BCUT2D eigenvalue weighted by Gasteiger charge is 2.19. The molecule has 0 bridgehead atoms. The molecule has 1 atom stereocenters. The van der Waals surface area contributed by atoms with Gasteiger partial charge in [0.25, 0.3) is 0 Å². The molecule has 1 N–H and O–H groups in total. The largest absolute Gasteiger partial charge is 0.310 e. The molecule has 0 saturated carbocycles. The normalized spacial score (nSPS) is 13.9. The second-order valence-corrected chi connectivity index (χ2v) is 6.06. The minimum absolute atomic E-state index is 0.209. The van der Waals surface area contributed by atoms with Crippen LogP contribution in [0.3, 0.4) is 0 Å². The maximum absolute atomic E-state index is 12.9. The van der Waals surface area contributed by atoms with Crippen molar-refractivity contribution in [2.45, 2.75) is 40.3 Å². The molecule has 0 saturated heterocycles. The maximum atomic E-state index is 12.9. The molecule has 0 spiro atoms. The van der Waals surface area contributed by atoms with Gasteiger partial charge in [0.1, 0.15) is 5.82 Å². The Hall–Kier alpha value is -0.410. The fourth-order valence-electron chi connectivity index (χ4n) is 1.23. The molecule has 1 unspecified atom stereocenters. The smallest absolute Gasteiger partial charge is 0.124 e. The van der Waals surface area contributed by atoms with Crippen molar-refractivity contribution in [3.05, 3.63) is 34.1 Å². The molecule has 1 aromatic rings. The standard InChI is InChI=1S/C13H19BrFN/c1-9(13(2,3)4)16-8-10-5-6-11(15)7-12(10)14/h5-7,9,16H,8H2,1-4H3. The monoisotopic (exact) mass is 287 g/mol. The number of rotatable bonds is 3. The summed E-state index contributed by atoms with van der Waals surface area (Å²) >= 11 is 3.37. The average molecular weight is 288 g/mol. The van der Waals surface area contributed by atoms with E-state index < -0.39 is 0 Å². The van der Waals surface area contributed by atoms with Gasteiger partial charge in [-0.1, -0.05) is 42.8 Å². The van der Waals surface area contributed by atoms with Gasteiger partial charge in [0, 0.05) is 17.1 Å². The van der Waals surface area contributed by atoms with E-state index in [9.17, 15) is 4.39 Å². The Morgan fingerprint density at radius 3 is 2.50 bits per heavy atom. The minimum atomic E-state index is -0.209. The highest BCUT2D eigenvalue weighted by Crippen LogP contribution is 2.21. The molecule has 0 aromatic heterocycles. The molecule has 0 amide bonds. The van der Waals surface area contributed by atoms with Gasteiger partial charge < -0.3 is 5.32 Å². The van der Waals surface area contributed by atoms with Crippen LogP contribution in [0, 0.1) is 11.2 Å². The van der Waals surface area contributed by atoms with Crippen LogP contribution in [0.1, 0.15) is 33.3 Å². The third-order valence-electron chi connectivity index (χ3n) is 2.91. The lowest BCUT2D eigenvalue weighted by atomic mass is 9.88. The van der Waals surface area contributed by atoms with Crippen LogP contribution in [0.5, 0.6) is 0 Å². The molecule has 0 heterocycles. The number of benzene rings is 1. The van der Waals surface area contributed by atoms with Gasteiger partial charge in [-0.2, -0.15) is 0 Å². The van der Waals surface area contributed by atoms with Crippen molar-refractivity contribution in [1.82, 2.24) is 5.32 Å². The van der Waals surface area contributed by atoms with Gasteiger partial charge in [-0.05, 0) is 30.0 Å². The van der Waals surface area contributed by atoms with Crippen LogP contribution in [0.15, 0.2) is 22.7 Å².